The Bertz CT molecular complexity index is 1030. The number of hydrogen-bond donors (Lipinski definition) is 2. The minimum Gasteiger partial charge on any atom is -0.508 e. The third-order valence-corrected chi connectivity index (χ3v) is 5.63. The molecule has 0 heterocycles. The summed E-state index contributed by atoms with van der Waals surface area (Å²) in [6, 6.07) is 21.2. The quantitative estimate of drug-likeness (QED) is 0.573. The number of fused-ring (bicyclic) bond motifs is 3. The van der Waals surface area contributed by atoms with Crippen LogP contribution in [0.4, 0.5) is 4.79 Å². The predicted octanol–water partition coefficient (Wildman–Crippen LogP) is 5.82. The highest BCUT2D eigenvalue weighted by Crippen LogP contribution is 2.44. The van der Waals surface area contributed by atoms with Gasteiger partial charge >= 0.3 is 6.09 Å². The Kier molecular flexibility index (Phi) is 4.97. The molecule has 0 unspecified atom stereocenters. The maximum absolute atomic E-state index is 12.5. The summed E-state index contributed by atoms with van der Waals surface area (Å²) < 4.78 is 5.60. The van der Waals surface area contributed by atoms with Crippen LogP contribution in [-0.2, 0) is 10.3 Å². The average molecular weight is 408 g/mol. The fourth-order valence-corrected chi connectivity index (χ4v) is 4.16. The Balaban J connectivity index is 1.49. The largest absolute Gasteiger partial charge is 0.508 e. The molecule has 4 nitrogen and oxygen atoms in total. The van der Waals surface area contributed by atoms with Crippen molar-refractivity contribution in [3.63, 3.8) is 0 Å². The second-order valence-corrected chi connectivity index (χ2v) is 8.17. The molecule has 148 valence electrons. The third-order valence-electron chi connectivity index (χ3n) is 5.39. The Labute approximate surface area is 175 Å². The van der Waals surface area contributed by atoms with Gasteiger partial charge < -0.3 is 15.2 Å². The predicted molar refractivity (Wildman–Crippen MR) is 114 cm³/mol. The first-order valence-corrected chi connectivity index (χ1v) is 9.87. The number of benzene rings is 3. The minimum atomic E-state index is -0.822. The minimum absolute atomic E-state index is 0.000182. The van der Waals surface area contributed by atoms with E-state index in [4.69, 9.17) is 16.3 Å². The Morgan fingerprint density at radius 3 is 2.21 bits per heavy atom. The normalized spacial score (nSPS) is 12.9. The van der Waals surface area contributed by atoms with Crippen molar-refractivity contribution in [1.82, 2.24) is 5.32 Å². The number of amides is 1. The molecule has 1 amide bonds. The molecule has 0 fully saturated rings. The van der Waals surface area contributed by atoms with Crippen molar-refractivity contribution in [3.8, 4) is 16.9 Å². The number of nitrogens with one attached hydrogen (secondary N) is 1. The van der Waals surface area contributed by atoms with Crippen LogP contribution in [0.1, 0.15) is 36.5 Å². The van der Waals surface area contributed by atoms with Crippen LogP contribution in [0.3, 0.4) is 0 Å². The zero-order chi connectivity index (χ0) is 20.6. The Morgan fingerprint density at radius 2 is 1.62 bits per heavy atom. The highest BCUT2D eigenvalue weighted by Gasteiger charge is 2.31. The molecule has 0 saturated carbocycles. The van der Waals surface area contributed by atoms with Crippen molar-refractivity contribution >= 4 is 17.7 Å². The third kappa shape index (κ3) is 3.68. The Hall–Kier alpha value is -2.98. The van der Waals surface area contributed by atoms with Crippen LogP contribution in [0.25, 0.3) is 11.1 Å². The van der Waals surface area contributed by atoms with Gasteiger partial charge in [-0.1, -0.05) is 66.2 Å². The number of ether oxygens (including phenoxy) is 1. The van der Waals surface area contributed by atoms with Gasteiger partial charge in [-0.05, 0) is 48.2 Å². The number of carbonyl (C=O) groups excluding carboxylic acids is 1. The summed E-state index contributed by atoms with van der Waals surface area (Å²) in [6.45, 7) is 3.84. The summed E-state index contributed by atoms with van der Waals surface area (Å²) in [4.78, 5) is 12.5. The van der Waals surface area contributed by atoms with E-state index in [9.17, 15) is 9.90 Å². The summed E-state index contributed by atoms with van der Waals surface area (Å²) in [5.41, 5.74) is 4.44. The van der Waals surface area contributed by atoms with E-state index >= 15 is 0 Å². The van der Waals surface area contributed by atoms with Crippen molar-refractivity contribution in [2.75, 3.05) is 6.61 Å². The first-order valence-electron chi connectivity index (χ1n) is 9.49. The van der Waals surface area contributed by atoms with Crippen LogP contribution in [0.2, 0.25) is 5.02 Å². The summed E-state index contributed by atoms with van der Waals surface area (Å²) in [7, 11) is 0. The highest BCUT2D eigenvalue weighted by molar-refractivity contribution is 6.30. The monoisotopic (exact) mass is 407 g/mol. The molecule has 0 bridgehead atoms. The zero-order valence-corrected chi connectivity index (χ0v) is 17.0. The molecule has 0 saturated heterocycles. The van der Waals surface area contributed by atoms with Gasteiger partial charge in [0.2, 0.25) is 0 Å². The summed E-state index contributed by atoms with van der Waals surface area (Å²) in [6.07, 6.45) is -0.536. The number of alkyl carbamates (subject to hydrolysis) is 1. The maximum atomic E-state index is 12.5. The average Bonchev–Trinajstić information content (AvgIpc) is 2.99. The number of aromatic hydroxyl groups is 1. The maximum Gasteiger partial charge on any atom is 0.407 e. The second-order valence-electron chi connectivity index (χ2n) is 7.74. The van der Waals surface area contributed by atoms with Crippen LogP contribution in [-0.4, -0.2) is 17.8 Å². The lowest BCUT2D eigenvalue weighted by Gasteiger charge is -2.27. The van der Waals surface area contributed by atoms with E-state index in [0.29, 0.717) is 10.6 Å². The van der Waals surface area contributed by atoms with Crippen LogP contribution in [0.5, 0.6) is 5.75 Å². The van der Waals surface area contributed by atoms with E-state index in [-0.39, 0.29) is 18.3 Å². The summed E-state index contributed by atoms with van der Waals surface area (Å²) in [5.74, 6) is 0.0293. The second kappa shape index (κ2) is 7.45. The summed E-state index contributed by atoms with van der Waals surface area (Å²) >= 11 is 5.91. The van der Waals surface area contributed by atoms with Crippen LogP contribution >= 0.6 is 11.6 Å². The molecule has 0 aromatic heterocycles. The molecule has 1 aliphatic rings. The highest BCUT2D eigenvalue weighted by atomic mass is 35.5. The number of halogens is 1. The van der Waals surface area contributed by atoms with Gasteiger partial charge in [-0.15, -0.1) is 0 Å². The molecule has 0 spiro atoms. The molecule has 0 aliphatic heterocycles. The molecule has 2 N–H and O–H groups in total. The lowest BCUT2D eigenvalue weighted by atomic mass is 9.93. The van der Waals surface area contributed by atoms with Crippen LogP contribution in [0, 0.1) is 0 Å². The van der Waals surface area contributed by atoms with E-state index < -0.39 is 11.6 Å². The van der Waals surface area contributed by atoms with Gasteiger partial charge in [0.1, 0.15) is 12.4 Å². The van der Waals surface area contributed by atoms with E-state index in [1.54, 1.807) is 26.0 Å². The SMILES string of the molecule is CC(C)(NC(=O)OCC1c2ccccc2-c2ccccc21)c1ccc(Cl)cc1O. The van der Waals surface area contributed by atoms with Crippen LogP contribution in [0.15, 0.2) is 66.7 Å². The fourth-order valence-electron chi connectivity index (χ4n) is 3.99. The molecule has 4 rings (SSSR count). The number of rotatable bonds is 4. The van der Waals surface area contributed by atoms with Gasteiger partial charge in [0.05, 0.1) is 5.54 Å². The van der Waals surface area contributed by atoms with Gasteiger partial charge in [0.15, 0.2) is 0 Å². The Morgan fingerprint density at radius 1 is 1.03 bits per heavy atom. The van der Waals surface area contributed by atoms with Crippen molar-refractivity contribution in [2.24, 2.45) is 0 Å². The smallest absolute Gasteiger partial charge is 0.407 e. The van der Waals surface area contributed by atoms with Crippen molar-refractivity contribution in [2.45, 2.75) is 25.3 Å². The molecule has 5 heteroatoms. The topological polar surface area (TPSA) is 58.6 Å². The van der Waals surface area contributed by atoms with Gasteiger partial charge in [-0.25, -0.2) is 4.79 Å². The standard InChI is InChI=1S/C24H22ClNO3/c1-24(2,21-12-11-15(25)13-22(21)27)26-23(28)29-14-20-18-9-5-3-7-16(18)17-8-4-6-10-19(17)20/h3-13,20,27H,14H2,1-2H3,(H,26,28). The van der Waals surface area contributed by atoms with Gasteiger partial charge in [0, 0.05) is 16.5 Å². The number of carbonyl (C=O) groups is 1. The lowest BCUT2D eigenvalue weighted by Crippen LogP contribution is -2.41. The molecule has 3 aromatic carbocycles. The van der Waals surface area contributed by atoms with Crippen molar-refractivity contribution in [3.05, 3.63) is 88.4 Å². The molecule has 3 aromatic rings. The molecule has 0 atom stereocenters. The lowest BCUT2D eigenvalue weighted by molar-refractivity contribution is 0.132. The van der Waals surface area contributed by atoms with Gasteiger partial charge in [0.25, 0.3) is 0 Å². The first kappa shape index (κ1) is 19.3. The van der Waals surface area contributed by atoms with Gasteiger partial charge in [-0.2, -0.15) is 0 Å². The van der Waals surface area contributed by atoms with E-state index in [1.165, 1.54) is 17.2 Å². The number of phenols is 1. The van der Waals surface area contributed by atoms with E-state index in [2.05, 4.69) is 29.6 Å². The fraction of sp³-hybridized carbons (Fsp3) is 0.208. The van der Waals surface area contributed by atoms with Crippen molar-refractivity contribution < 1.29 is 14.6 Å². The molecular weight excluding hydrogens is 386 g/mol. The first-order chi connectivity index (χ1) is 13.9. The summed E-state index contributed by atoms with van der Waals surface area (Å²) in [5, 5.41) is 13.5. The number of hydrogen-bond acceptors (Lipinski definition) is 3. The van der Waals surface area contributed by atoms with Gasteiger partial charge in [-0.3, -0.25) is 0 Å². The molecule has 0 radical (unpaired) electrons. The van der Waals surface area contributed by atoms with Crippen LogP contribution < -0.4 is 5.32 Å². The zero-order valence-electron chi connectivity index (χ0n) is 16.3. The molecule has 1 aliphatic carbocycles. The van der Waals surface area contributed by atoms with E-state index in [0.717, 1.165) is 11.1 Å². The number of phenolic OH excluding ortho intramolecular Hbond substituents is 1. The van der Waals surface area contributed by atoms with Crippen molar-refractivity contribution in [1.29, 1.82) is 0 Å². The molecule has 29 heavy (non-hydrogen) atoms. The van der Waals surface area contributed by atoms with E-state index in [1.807, 2.05) is 24.3 Å². The molecular formula is C24H22ClNO3.